The third-order valence-electron chi connectivity index (χ3n) is 4.93. The molecule has 1 heterocycles. The molecule has 166 valence electrons. The van der Waals surface area contributed by atoms with Crippen molar-refractivity contribution in [1.29, 1.82) is 5.26 Å². The number of ether oxygens (including phenoxy) is 1. The molecule has 0 aliphatic carbocycles. The molecule has 0 spiro atoms. The van der Waals surface area contributed by atoms with E-state index >= 15 is 0 Å². The Morgan fingerprint density at radius 1 is 1.28 bits per heavy atom. The first-order valence-corrected chi connectivity index (χ1v) is 11.8. The zero-order valence-electron chi connectivity index (χ0n) is 17.6. The van der Waals surface area contributed by atoms with Crippen molar-refractivity contribution < 1.29 is 19.4 Å². The smallest absolute Gasteiger partial charge is 0.311 e. The lowest BCUT2D eigenvalue weighted by molar-refractivity contribution is -0.153. The molecule has 0 aliphatic rings. The van der Waals surface area contributed by atoms with Gasteiger partial charge in [-0.05, 0) is 41.9 Å². The Kier molecular flexibility index (Phi) is 8.07. The van der Waals surface area contributed by atoms with Gasteiger partial charge in [0.05, 0.1) is 47.9 Å². The van der Waals surface area contributed by atoms with Crippen LogP contribution in [0.15, 0.2) is 52.4 Å². The summed E-state index contributed by atoms with van der Waals surface area (Å²) in [5.74, 6) is -1.57. The van der Waals surface area contributed by atoms with E-state index in [1.807, 2.05) is 34.9 Å². The highest BCUT2D eigenvalue weighted by Gasteiger charge is 2.28. The quantitative estimate of drug-likeness (QED) is 0.335. The van der Waals surface area contributed by atoms with Gasteiger partial charge in [-0.15, -0.1) is 0 Å². The standard InChI is InChI=1S/C23H22BrN3O4S/c1-3-31-22(30)19(14(2)28)10-16(29)13-32-23-26-12-21(24)27(23)20-9-8-15(11-25)17-6-4-5-7-18(17)20/h4-9,12,14,19,28H,3,10,13H2,1-2H3. The van der Waals surface area contributed by atoms with Gasteiger partial charge in [-0.2, -0.15) is 5.26 Å². The largest absolute Gasteiger partial charge is 0.466 e. The van der Waals surface area contributed by atoms with Gasteiger partial charge in [0.25, 0.3) is 0 Å². The van der Waals surface area contributed by atoms with Crippen LogP contribution in [0.5, 0.6) is 0 Å². The van der Waals surface area contributed by atoms with E-state index < -0.39 is 18.0 Å². The van der Waals surface area contributed by atoms with Crippen LogP contribution in [0.25, 0.3) is 16.5 Å². The number of carbonyl (C=O) groups excluding carboxylic acids is 2. The summed E-state index contributed by atoms with van der Waals surface area (Å²) in [5.41, 5.74) is 1.40. The Morgan fingerprint density at radius 3 is 2.66 bits per heavy atom. The summed E-state index contributed by atoms with van der Waals surface area (Å²) in [6, 6.07) is 13.4. The fraction of sp³-hybridized carbons (Fsp3) is 0.304. The van der Waals surface area contributed by atoms with Crippen LogP contribution in [0.4, 0.5) is 0 Å². The molecule has 3 aromatic rings. The third kappa shape index (κ3) is 5.21. The molecule has 0 amide bonds. The minimum atomic E-state index is -0.982. The van der Waals surface area contributed by atoms with Gasteiger partial charge in [-0.1, -0.05) is 36.0 Å². The van der Waals surface area contributed by atoms with Crippen LogP contribution in [0.1, 0.15) is 25.8 Å². The normalized spacial score (nSPS) is 12.8. The molecule has 2 unspecified atom stereocenters. The van der Waals surface area contributed by atoms with Crippen LogP contribution >= 0.6 is 27.7 Å². The number of thioether (sulfide) groups is 1. The SMILES string of the molecule is CCOC(=O)C(CC(=O)CSc1ncc(Br)n1-c1ccc(C#N)c2ccccc12)C(C)O. The van der Waals surface area contributed by atoms with E-state index in [0.717, 1.165) is 16.5 Å². The number of Topliss-reactive ketones (excluding diaryl/α,β-unsaturated/α-hetero) is 1. The molecule has 32 heavy (non-hydrogen) atoms. The van der Waals surface area contributed by atoms with Crippen molar-refractivity contribution in [2.75, 3.05) is 12.4 Å². The molecule has 1 aromatic heterocycles. The second-order valence-electron chi connectivity index (χ2n) is 7.12. The number of esters is 1. The molecular formula is C23H22BrN3O4S. The van der Waals surface area contributed by atoms with Gasteiger partial charge in [0.2, 0.25) is 0 Å². The number of ketones is 1. The lowest BCUT2D eigenvalue weighted by Gasteiger charge is -2.17. The molecule has 7 nitrogen and oxygen atoms in total. The van der Waals surface area contributed by atoms with Crippen LogP contribution < -0.4 is 0 Å². The van der Waals surface area contributed by atoms with Crippen LogP contribution in [0.2, 0.25) is 0 Å². The van der Waals surface area contributed by atoms with Crippen molar-refractivity contribution >= 4 is 50.2 Å². The number of nitriles is 1. The summed E-state index contributed by atoms with van der Waals surface area (Å²) < 4.78 is 7.54. The molecule has 2 atom stereocenters. The number of rotatable bonds is 9. The molecule has 3 rings (SSSR count). The molecule has 0 radical (unpaired) electrons. The summed E-state index contributed by atoms with van der Waals surface area (Å²) in [5, 5.41) is 21.6. The maximum Gasteiger partial charge on any atom is 0.311 e. The maximum atomic E-state index is 12.6. The van der Waals surface area contributed by atoms with E-state index in [1.54, 1.807) is 19.2 Å². The number of aromatic nitrogens is 2. The Bertz CT molecular complexity index is 1190. The van der Waals surface area contributed by atoms with Gasteiger partial charge in [-0.25, -0.2) is 4.98 Å². The van der Waals surface area contributed by atoms with Gasteiger partial charge < -0.3 is 9.84 Å². The summed E-state index contributed by atoms with van der Waals surface area (Å²) >= 11 is 4.76. The first-order valence-electron chi connectivity index (χ1n) is 10.0. The molecular weight excluding hydrogens is 494 g/mol. The first kappa shape index (κ1) is 24.0. The summed E-state index contributed by atoms with van der Waals surface area (Å²) in [6.07, 6.45) is 0.562. The van der Waals surface area contributed by atoms with Crippen molar-refractivity contribution in [2.45, 2.75) is 31.5 Å². The zero-order valence-corrected chi connectivity index (χ0v) is 20.0. The third-order valence-corrected chi connectivity index (χ3v) is 6.50. The summed E-state index contributed by atoms with van der Waals surface area (Å²) in [4.78, 5) is 29.0. The number of nitrogens with zero attached hydrogens (tertiary/aromatic N) is 3. The van der Waals surface area contributed by atoms with Crippen molar-refractivity contribution in [1.82, 2.24) is 9.55 Å². The van der Waals surface area contributed by atoms with Crippen LogP contribution in [-0.4, -0.2) is 44.9 Å². The molecule has 0 aliphatic heterocycles. The minimum absolute atomic E-state index is 0.0836. The van der Waals surface area contributed by atoms with Gasteiger partial charge in [0, 0.05) is 17.2 Å². The molecule has 1 N–H and O–H groups in total. The number of fused-ring (bicyclic) bond motifs is 1. The number of hydrogen-bond acceptors (Lipinski definition) is 7. The van der Waals surface area contributed by atoms with E-state index in [4.69, 9.17) is 4.74 Å². The second kappa shape index (κ2) is 10.8. The lowest BCUT2D eigenvalue weighted by atomic mass is 9.98. The average Bonchev–Trinajstić information content (AvgIpc) is 3.15. The fourth-order valence-electron chi connectivity index (χ4n) is 3.36. The predicted octanol–water partition coefficient (Wildman–Crippen LogP) is 4.27. The number of halogens is 1. The molecule has 0 fully saturated rings. The van der Waals surface area contributed by atoms with Crippen molar-refractivity contribution in [3.63, 3.8) is 0 Å². The number of aliphatic hydroxyl groups is 1. The Hall–Kier alpha value is -2.67. The highest BCUT2D eigenvalue weighted by atomic mass is 79.9. The van der Waals surface area contributed by atoms with Crippen molar-refractivity contribution in [3.8, 4) is 11.8 Å². The first-order chi connectivity index (χ1) is 15.4. The van der Waals surface area contributed by atoms with Crippen molar-refractivity contribution in [2.24, 2.45) is 5.92 Å². The highest BCUT2D eigenvalue weighted by Crippen LogP contribution is 2.32. The van der Waals surface area contributed by atoms with E-state index in [9.17, 15) is 20.0 Å². The van der Waals surface area contributed by atoms with Crippen LogP contribution in [0.3, 0.4) is 0 Å². The predicted molar refractivity (Wildman–Crippen MR) is 126 cm³/mol. The Morgan fingerprint density at radius 2 is 2.00 bits per heavy atom. The van der Waals surface area contributed by atoms with Gasteiger partial charge in [0.1, 0.15) is 10.4 Å². The maximum absolute atomic E-state index is 12.6. The number of carbonyl (C=O) groups is 2. The average molecular weight is 516 g/mol. The molecule has 9 heteroatoms. The monoisotopic (exact) mass is 515 g/mol. The Balaban J connectivity index is 1.84. The molecule has 2 aromatic carbocycles. The van der Waals surface area contributed by atoms with Gasteiger partial charge in [0.15, 0.2) is 5.16 Å². The number of hydrogen-bond donors (Lipinski definition) is 1. The molecule has 0 bridgehead atoms. The zero-order chi connectivity index (χ0) is 23.3. The van der Waals surface area contributed by atoms with E-state index in [-0.39, 0.29) is 24.6 Å². The van der Waals surface area contributed by atoms with Crippen LogP contribution in [0, 0.1) is 17.2 Å². The number of imidazole rings is 1. The van der Waals surface area contributed by atoms with Crippen molar-refractivity contribution in [3.05, 3.63) is 52.8 Å². The van der Waals surface area contributed by atoms with Crippen LogP contribution in [-0.2, 0) is 14.3 Å². The van der Waals surface area contributed by atoms with Gasteiger partial charge >= 0.3 is 5.97 Å². The topological polar surface area (TPSA) is 105 Å². The van der Waals surface area contributed by atoms with E-state index in [0.29, 0.717) is 15.3 Å². The molecule has 0 saturated carbocycles. The van der Waals surface area contributed by atoms with E-state index in [2.05, 4.69) is 27.0 Å². The van der Waals surface area contributed by atoms with E-state index in [1.165, 1.54) is 18.7 Å². The minimum Gasteiger partial charge on any atom is -0.466 e. The number of aliphatic hydroxyl groups excluding tert-OH is 1. The second-order valence-corrected chi connectivity index (χ2v) is 8.87. The molecule has 0 saturated heterocycles. The lowest BCUT2D eigenvalue weighted by Crippen LogP contribution is -2.30. The summed E-state index contributed by atoms with van der Waals surface area (Å²) in [7, 11) is 0. The van der Waals surface area contributed by atoms with Gasteiger partial charge in [-0.3, -0.25) is 14.2 Å². The summed E-state index contributed by atoms with van der Waals surface area (Å²) in [6.45, 7) is 3.34. The number of benzene rings is 2. The Labute approximate surface area is 198 Å². The fourth-order valence-corrected chi connectivity index (χ4v) is 4.80. The highest BCUT2D eigenvalue weighted by molar-refractivity contribution is 9.10.